The van der Waals surface area contributed by atoms with Crippen molar-refractivity contribution in [2.75, 3.05) is 11.9 Å². The van der Waals surface area contributed by atoms with E-state index in [1.54, 1.807) is 0 Å². The molecule has 1 saturated carbocycles. The number of nitriles is 1. The topological polar surface area (TPSA) is 71.1 Å². The minimum absolute atomic E-state index is 0.0906. The monoisotopic (exact) mass is 245 g/mol. The summed E-state index contributed by atoms with van der Waals surface area (Å²) in [4.78, 5) is 0. The van der Waals surface area contributed by atoms with Crippen molar-refractivity contribution in [3.8, 4) is 11.8 Å². The third-order valence-electron chi connectivity index (χ3n) is 3.30. The Bertz CT molecular complexity index is 402. The van der Waals surface area contributed by atoms with Crippen LogP contribution in [0.2, 0.25) is 0 Å². The first kappa shape index (κ1) is 12.7. The van der Waals surface area contributed by atoms with Gasteiger partial charge in [-0.15, -0.1) is 0 Å². The Morgan fingerprint density at radius 2 is 1.89 bits per heavy atom. The molecule has 0 aromatic heterocycles. The van der Waals surface area contributed by atoms with Gasteiger partial charge in [0.1, 0.15) is 11.8 Å². The van der Waals surface area contributed by atoms with E-state index in [0.717, 1.165) is 37.1 Å². The predicted octanol–water partition coefficient (Wildman–Crippen LogP) is 2.27. The van der Waals surface area contributed by atoms with E-state index in [4.69, 9.17) is 15.7 Å². The summed E-state index contributed by atoms with van der Waals surface area (Å²) in [7, 11) is 0. The molecule has 4 nitrogen and oxygen atoms in total. The van der Waals surface area contributed by atoms with Crippen molar-refractivity contribution in [2.45, 2.75) is 37.8 Å². The third kappa shape index (κ3) is 3.64. The lowest BCUT2D eigenvalue weighted by Gasteiger charge is -2.27. The molecule has 18 heavy (non-hydrogen) atoms. The molecule has 0 spiro atoms. The van der Waals surface area contributed by atoms with Crippen LogP contribution in [0.5, 0.6) is 5.75 Å². The summed E-state index contributed by atoms with van der Waals surface area (Å²) in [6, 6.07) is 10.6. The fourth-order valence-corrected chi connectivity index (χ4v) is 2.26. The van der Waals surface area contributed by atoms with Gasteiger partial charge < -0.3 is 15.8 Å². The Balaban J connectivity index is 1.84. The van der Waals surface area contributed by atoms with Crippen LogP contribution in [0.15, 0.2) is 24.3 Å². The fraction of sp³-hybridized carbons (Fsp3) is 0.500. The van der Waals surface area contributed by atoms with Crippen LogP contribution in [-0.4, -0.2) is 18.7 Å². The summed E-state index contributed by atoms with van der Waals surface area (Å²) in [6.45, 7) is 0.0906. The van der Waals surface area contributed by atoms with E-state index < -0.39 is 0 Å². The highest BCUT2D eigenvalue weighted by Crippen LogP contribution is 2.22. The molecule has 0 radical (unpaired) electrons. The quantitative estimate of drug-likeness (QED) is 0.853. The van der Waals surface area contributed by atoms with Gasteiger partial charge in [-0.2, -0.15) is 5.26 Å². The Hall–Kier alpha value is -1.73. The summed E-state index contributed by atoms with van der Waals surface area (Å²) in [5.41, 5.74) is 6.98. The molecule has 3 N–H and O–H groups in total. The zero-order chi connectivity index (χ0) is 12.8. The van der Waals surface area contributed by atoms with Crippen molar-refractivity contribution in [3.05, 3.63) is 24.3 Å². The van der Waals surface area contributed by atoms with Crippen LogP contribution in [0, 0.1) is 11.3 Å². The van der Waals surface area contributed by atoms with Crippen LogP contribution >= 0.6 is 0 Å². The van der Waals surface area contributed by atoms with Crippen LogP contribution in [0.1, 0.15) is 25.7 Å². The molecular formula is C14H19N3O. The van der Waals surface area contributed by atoms with Gasteiger partial charge in [-0.05, 0) is 49.9 Å². The number of anilines is 1. The van der Waals surface area contributed by atoms with Gasteiger partial charge in [0.25, 0.3) is 0 Å². The first-order chi connectivity index (χ1) is 8.78. The van der Waals surface area contributed by atoms with Gasteiger partial charge >= 0.3 is 0 Å². The molecule has 0 unspecified atom stereocenters. The normalized spacial score (nSPS) is 23.1. The van der Waals surface area contributed by atoms with Crippen molar-refractivity contribution in [2.24, 2.45) is 5.73 Å². The molecule has 2 rings (SSSR count). The van der Waals surface area contributed by atoms with Crippen LogP contribution < -0.4 is 15.8 Å². The number of nitrogens with one attached hydrogen (secondary N) is 1. The van der Waals surface area contributed by atoms with Gasteiger partial charge in [-0.3, -0.25) is 0 Å². The number of nitrogens with zero attached hydrogens (tertiary/aromatic N) is 1. The summed E-state index contributed by atoms with van der Waals surface area (Å²) in [6.07, 6.45) is 4.46. The summed E-state index contributed by atoms with van der Waals surface area (Å²) in [5.74, 6) is 0.729. The number of rotatable bonds is 4. The molecule has 0 aliphatic heterocycles. The second-order valence-electron chi connectivity index (χ2n) is 4.73. The van der Waals surface area contributed by atoms with Gasteiger partial charge in [-0.1, -0.05) is 0 Å². The fourth-order valence-electron chi connectivity index (χ4n) is 2.26. The zero-order valence-corrected chi connectivity index (χ0v) is 10.4. The highest BCUT2D eigenvalue weighted by Gasteiger charge is 2.17. The van der Waals surface area contributed by atoms with Crippen molar-refractivity contribution in [1.82, 2.24) is 0 Å². The van der Waals surface area contributed by atoms with Gasteiger partial charge in [0.05, 0.1) is 0 Å². The average molecular weight is 245 g/mol. The summed E-state index contributed by atoms with van der Waals surface area (Å²) >= 11 is 0. The summed E-state index contributed by atoms with van der Waals surface area (Å²) < 4.78 is 5.21. The van der Waals surface area contributed by atoms with Crippen molar-refractivity contribution in [1.29, 1.82) is 5.26 Å². The lowest BCUT2D eigenvalue weighted by molar-refractivity contribution is 0.368. The Morgan fingerprint density at radius 1 is 1.22 bits per heavy atom. The second kappa shape index (κ2) is 6.27. The highest BCUT2D eigenvalue weighted by atomic mass is 16.5. The molecular weight excluding hydrogens is 226 g/mol. The maximum Gasteiger partial charge on any atom is 0.174 e. The average Bonchev–Trinajstić information content (AvgIpc) is 2.41. The standard InChI is InChI=1S/C14H19N3O/c15-9-10-18-14-7-5-13(6-8-14)17-12-3-1-11(16)2-4-12/h5-8,11-12,17H,1-4,10,16H2. The largest absolute Gasteiger partial charge is 0.479 e. The van der Waals surface area contributed by atoms with Crippen LogP contribution in [0.3, 0.4) is 0 Å². The lowest BCUT2D eigenvalue weighted by atomic mass is 9.92. The Kier molecular flexibility index (Phi) is 4.43. The van der Waals surface area contributed by atoms with Crippen molar-refractivity contribution < 1.29 is 4.74 Å². The molecule has 1 fully saturated rings. The van der Waals surface area contributed by atoms with E-state index >= 15 is 0 Å². The van der Waals surface area contributed by atoms with Crippen LogP contribution in [-0.2, 0) is 0 Å². The van der Waals surface area contributed by atoms with Crippen molar-refractivity contribution >= 4 is 5.69 Å². The zero-order valence-electron chi connectivity index (χ0n) is 10.4. The SMILES string of the molecule is N#CCOc1ccc(NC2CCC(N)CC2)cc1. The summed E-state index contributed by atoms with van der Waals surface area (Å²) in [5, 5.41) is 11.9. The highest BCUT2D eigenvalue weighted by molar-refractivity contribution is 5.47. The van der Waals surface area contributed by atoms with E-state index in [9.17, 15) is 0 Å². The van der Waals surface area contributed by atoms with Gasteiger partial charge in [0, 0.05) is 17.8 Å². The van der Waals surface area contributed by atoms with Crippen molar-refractivity contribution in [3.63, 3.8) is 0 Å². The first-order valence-electron chi connectivity index (χ1n) is 6.40. The van der Waals surface area contributed by atoms with Crippen LogP contribution in [0.25, 0.3) is 0 Å². The van der Waals surface area contributed by atoms with E-state index in [-0.39, 0.29) is 6.61 Å². The minimum atomic E-state index is 0.0906. The molecule has 0 saturated heterocycles. The molecule has 1 aliphatic carbocycles. The smallest absolute Gasteiger partial charge is 0.174 e. The maximum absolute atomic E-state index is 8.42. The Labute approximate surface area is 108 Å². The predicted molar refractivity (Wildman–Crippen MR) is 71.4 cm³/mol. The second-order valence-corrected chi connectivity index (χ2v) is 4.73. The molecule has 1 aliphatic rings. The molecule has 1 aromatic rings. The van der Waals surface area contributed by atoms with E-state index in [2.05, 4.69) is 5.32 Å². The van der Waals surface area contributed by atoms with E-state index in [1.165, 1.54) is 0 Å². The van der Waals surface area contributed by atoms with Gasteiger partial charge in [0.15, 0.2) is 6.61 Å². The van der Waals surface area contributed by atoms with Crippen LogP contribution in [0.4, 0.5) is 5.69 Å². The molecule has 0 heterocycles. The van der Waals surface area contributed by atoms with E-state index in [0.29, 0.717) is 12.1 Å². The van der Waals surface area contributed by atoms with Gasteiger partial charge in [-0.25, -0.2) is 0 Å². The molecule has 0 bridgehead atoms. The molecule has 4 heteroatoms. The molecule has 1 aromatic carbocycles. The number of hydrogen-bond acceptors (Lipinski definition) is 4. The first-order valence-corrected chi connectivity index (χ1v) is 6.40. The number of benzene rings is 1. The van der Waals surface area contributed by atoms with Gasteiger partial charge in [0.2, 0.25) is 0 Å². The third-order valence-corrected chi connectivity index (χ3v) is 3.30. The molecule has 0 atom stereocenters. The minimum Gasteiger partial charge on any atom is -0.479 e. The number of ether oxygens (including phenoxy) is 1. The number of hydrogen-bond donors (Lipinski definition) is 2. The maximum atomic E-state index is 8.42. The Morgan fingerprint density at radius 3 is 2.50 bits per heavy atom. The molecule has 96 valence electrons. The molecule has 0 amide bonds. The van der Waals surface area contributed by atoms with E-state index in [1.807, 2.05) is 30.3 Å². The lowest BCUT2D eigenvalue weighted by Crippen LogP contribution is -2.32. The number of nitrogens with two attached hydrogens (primary N) is 1.